The molecule has 0 bridgehead atoms. The van der Waals surface area contributed by atoms with E-state index in [1.807, 2.05) is 18.7 Å². The van der Waals surface area contributed by atoms with Crippen LogP contribution in [0, 0.1) is 19.7 Å². The monoisotopic (exact) mass is 389 g/mol. The molecule has 1 aromatic carbocycles. The van der Waals surface area contributed by atoms with Crippen LogP contribution >= 0.6 is 0 Å². The highest BCUT2D eigenvalue weighted by atomic mass is 19.1. The first-order chi connectivity index (χ1) is 13.4. The Kier molecular flexibility index (Phi) is 6.41. The van der Waals surface area contributed by atoms with Crippen LogP contribution in [-0.4, -0.2) is 54.6 Å². The van der Waals surface area contributed by atoms with Gasteiger partial charge in [0.1, 0.15) is 11.6 Å². The maximum absolute atomic E-state index is 12.9. The number of carbonyl (C=O) groups is 2. The normalized spacial score (nSPS) is 14.9. The molecule has 1 saturated heterocycles. The second-order valence-electron chi connectivity index (χ2n) is 7.17. The summed E-state index contributed by atoms with van der Waals surface area (Å²) < 4.78 is 18.1. The Morgan fingerprint density at radius 3 is 2.50 bits per heavy atom. The Labute approximate surface area is 163 Å². The van der Waals surface area contributed by atoms with E-state index in [0.717, 1.165) is 35.0 Å². The standard InChI is InChI=1S/C20H25FN4O3/c1-14-18(15(2)28-23-14)7-8-20(27)25-11-9-24(10-12-25)13-19(26)22-17-5-3-16(21)4-6-17/h3-6H,7-13H2,1-2H3,(H,22,26)/p+1. The highest BCUT2D eigenvalue weighted by Crippen LogP contribution is 2.15. The van der Waals surface area contributed by atoms with Gasteiger partial charge >= 0.3 is 0 Å². The summed E-state index contributed by atoms with van der Waals surface area (Å²) in [5.74, 6) is 0.445. The fraction of sp³-hybridized carbons (Fsp3) is 0.450. The first-order valence-electron chi connectivity index (χ1n) is 9.51. The van der Waals surface area contributed by atoms with Crippen LogP contribution in [0.1, 0.15) is 23.4 Å². The Hall–Kier alpha value is -2.74. The summed E-state index contributed by atoms with van der Waals surface area (Å²) >= 11 is 0. The molecule has 7 nitrogen and oxygen atoms in total. The molecule has 2 amide bonds. The number of nitrogens with one attached hydrogen (secondary N) is 2. The van der Waals surface area contributed by atoms with Gasteiger partial charge in [0, 0.05) is 17.7 Å². The third-order valence-electron chi connectivity index (χ3n) is 5.13. The van der Waals surface area contributed by atoms with Gasteiger partial charge in [-0.15, -0.1) is 0 Å². The molecular formula is C20H26FN4O3+. The van der Waals surface area contributed by atoms with E-state index < -0.39 is 0 Å². The molecule has 0 saturated carbocycles. The topological polar surface area (TPSA) is 79.9 Å². The number of hydrogen-bond donors (Lipinski definition) is 2. The lowest BCUT2D eigenvalue weighted by atomic mass is 10.1. The minimum Gasteiger partial charge on any atom is -0.361 e. The van der Waals surface area contributed by atoms with E-state index in [2.05, 4.69) is 10.5 Å². The first kappa shape index (κ1) is 20.0. The third kappa shape index (κ3) is 5.16. The fourth-order valence-electron chi connectivity index (χ4n) is 3.46. The molecule has 0 radical (unpaired) electrons. The van der Waals surface area contributed by atoms with Gasteiger partial charge in [-0.3, -0.25) is 9.59 Å². The first-order valence-corrected chi connectivity index (χ1v) is 9.51. The van der Waals surface area contributed by atoms with Crippen LogP contribution in [0.25, 0.3) is 0 Å². The maximum Gasteiger partial charge on any atom is 0.279 e. The van der Waals surface area contributed by atoms with Gasteiger partial charge in [-0.1, -0.05) is 5.16 Å². The fourth-order valence-corrected chi connectivity index (χ4v) is 3.46. The van der Waals surface area contributed by atoms with E-state index in [-0.39, 0.29) is 17.6 Å². The van der Waals surface area contributed by atoms with Gasteiger partial charge in [-0.2, -0.15) is 0 Å². The van der Waals surface area contributed by atoms with E-state index in [9.17, 15) is 14.0 Å². The van der Waals surface area contributed by atoms with Crippen molar-refractivity contribution < 1.29 is 23.4 Å². The summed E-state index contributed by atoms with van der Waals surface area (Å²) in [6.07, 6.45) is 1.07. The Morgan fingerprint density at radius 1 is 1.21 bits per heavy atom. The number of aromatic nitrogens is 1. The van der Waals surface area contributed by atoms with Crippen LogP contribution in [0.4, 0.5) is 10.1 Å². The number of halogens is 1. The van der Waals surface area contributed by atoms with Gasteiger partial charge in [-0.25, -0.2) is 4.39 Å². The molecule has 28 heavy (non-hydrogen) atoms. The molecule has 150 valence electrons. The van der Waals surface area contributed by atoms with Crippen molar-refractivity contribution in [2.24, 2.45) is 0 Å². The molecule has 0 unspecified atom stereocenters. The minimum absolute atomic E-state index is 0.111. The molecule has 2 aromatic rings. The van der Waals surface area contributed by atoms with E-state index in [1.165, 1.54) is 24.3 Å². The smallest absolute Gasteiger partial charge is 0.279 e. The lowest BCUT2D eigenvalue weighted by Crippen LogP contribution is -3.15. The number of carbonyl (C=O) groups excluding carboxylic acids is 2. The zero-order valence-electron chi connectivity index (χ0n) is 16.3. The summed E-state index contributed by atoms with van der Waals surface area (Å²) in [5, 5.41) is 6.69. The molecule has 2 heterocycles. The molecule has 0 spiro atoms. The second-order valence-corrected chi connectivity index (χ2v) is 7.17. The quantitative estimate of drug-likeness (QED) is 0.763. The number of quaternary nitrogens is 1. The van der Waals surface area contributed by atoms with Crippen LogP contribution in [0.3, 0.4) is 0 Å². The van der Waals surface area contributed by atoms with Gasteiger partial charge in [0.2, 0.25) is 5.91 Å². The second kappa shape index (κ2) is 8.97. The van der Waals surface area contributed by atoms with E-state index in [4.69, 9.17) is 4.52 Å². The Bertz CT molecular complexity index is 807. The van der Waals surface area contributed by atoms with Crippen LogP contribution in [-0.2, 0) is 16.0 Å². The SMILES string of the molecule is Cc1noc(C)c1CCC(=O)N1CC[NH+](CC(=O)Nc2ccc(F)cc2)CC1. The van der Waals surface area contributed by atoms with Crippen LogP contribution in [0.15, 0.2) is 28.8 Å². The van der Waals surface area contributed by atoms with Crippen LogP contribution in [0.5, 0.6) is 0 Å². The Morgan fingerprint density at radius 2 is 1.89 bits per heavy atom. The van der Waals surface area contributed by atoms with Crippen molar-refractivity contribution in [2.45, 2.75) is 26.7 Å². The number of piperazine rings is 1. The summed E-state index contributed by atoms with van der Waals surface area (Å²) in [4.78, 5) is 27.6. The lowest BCUT2D eigenvalue weighted by Gasteiger charge is -2.32. The molecule has 1 aliphatic rings. The average Bonchev–Trinajstić information content (AvgIpc) is 3.00. The van der Waals surface area contributed by atoms with E-state index >= 15 is 0 Å². The van der Waals surface area contributed by atoms with Crippen LogP contribution < -0.4 is 10.2 Å². The number of aryl methyl sites for hydroxylation is 2. The van der Waals surface area contributed by atoms with Crippen molar-refractivity contribution in [3.05, 3.63) is 47.1 Å². The van der Waals surface area contributed by atoms with Gasteiger partial charge in [0.25, 0.3) is 5.91 Å². The largest absolute Gasteiger partial charge is 0.361 e. The van der Waals surface area contributed by atoms with Gasteiger partial charge < -0.3 is 19.6 Å². The van der Waals surface area contributed by atoms with Crippen molar-refractivity contribution in [1.29, 1.82) is 0 Å². The number of hydrogen-bond acceptors (Lipinski definition) is 4. The number of benzene rings is 1. The predicted octanol–water partition coefficient (Wildman–Crippen LogP) is 0.729. The van der Waals surface area contributed by atoms with Gasteiger partial charge in [-0.05, 0) is 44.5 Å². The summed E-state index contributed by atoms with van der Waals surface area (Å²) in [5.41, 5.74) is 2.43. The number of anilines is 1. The van der Waals surface area contributed by atoms with Crippen molar-refractivity contribution in [2.75, 3.05) is 38.0 Å². The molecule has 0 atom stereocenters. The molecule has 1 fully saturated rings. The molecule has 1 aliphatic heterocycles. The van der Waals surface area contributed by atoms with Crippen molar-refractivity contribution in [3.8, 4) is 0 Å². The molecule has 3 rings (SSSR count). The number of nitrogens with zero attached hydrogens (tertiary/aromatic N) is 2. The zero-order valence-corrected chi connectivity index (χ0v) is 16.3. The van der Waals surface area contributed by atoms with E-state index in [0.29, 0.717) is 38.2 Å². The lowest BCUT2D eigenvalue weighted by molar-refractivity contribution is -0.895. The Balaban J connectivity index is 1.40. The highest BCUT2D eigenvalue weighted by molar-refractivity contribution is 5.91. The highest BCUT2D eigenvalue weighted by Gasteiger charge is 2.25. The summed E-state index contributed by atoms with van der Waals surface area (Å²) in [7, 11) is 0. The average molecular weight is 389 g/mol. The predicted molar refractivity (Wildman–Crippen MR) is 101 cm³/mol. The maximum atomic E-state index is 12.9. The van der Waals surface area contributed by atoms with Gasteiger partial charge in [0.05, 0.1) is 31.9 Å². The van der Waals surface area contributed by atoms with Crippen molar-refractivity contribution in [3.63, 3.8) is 0 Å². The molecule has 0 aliphatic carbocycles. The number of amides is 2. The number of rotatable bonds is 6. The summed E-state index contributed by atoms with van der Waals surface area (Å²) in [6, 6.07) is 5.71. The molecule has 8 heteroatoms. The van der Waals surface area contributed by atoms with Gasteiger partial charge in [0.15, 0.2) is 6.54 Å². The van der Waals surface area contributed by atoms with Crippen molar-refractivity contribution in [1.82, 2.24) is 10.1 Å². The van der Waals surface area contributed by atoms with Crippen LogP contribution in [0.2, 0.25) is 0 Å². The minimum atomic E-state index is -0.334. The van der Waals surface area contributed by atoms with E-state index in [1.54, 1.807) is 0 Å². The summed E-state index contributed by atoms with van der Waals surface area (Å²) in [6.45, 7) is 6.81. The van der Waals surface area contributed by atoms with Crippen molar-refractivity contribution >= 4 is 17.5 Å². The third-order valence-corrected chi connectivity index (χ3v) is 5.13. The molecular weight excluding hydrogens is 363 g/mol. The molecule has 1 aromatic heterocycles. The molecule has 2 N–H and O–H groups in total. The zero-order chi connectivity index (χ0) is 20.1.